The van der Waals surface area contributed by atoms with Crippen molar-refractivity contribution < 1.29 is 9.90 Å². The molecule has 3 aromatic carbocycles. The first-order chi connectivity index (χ1) is 12.2. The average molecular weight is 331 g/mol. The Bertz CT molecular complexity index is 805. The highest BCUT2D eigenvalue weighted by molar-refractivity contribution is 6.00. The van der Waals surface area contributed by atoms with E-state index in [1.54, 1.807) is 24.3 Å². The van der Waals surface area contributed by atoms with Crippen LogP contribution in [0.5, 0.6) is 0 Å². The molecule has 0 fully saturated rings. The molecule has 3 heteroatoms. The fourth-order valence-corrected chi connectivity index (χ4v) is 2.95. The number of hydrogen-bond donors (Lipinski definition) is 2. The number of aliphatic hydroxyl groups is 1. The van der Waals surface area contributed by atoms with Crippen molar-refractivity contribution in [2.75, 3.05) is 5.32 Å². The first-order valence-corrected chi connectivity index (χ1v) is 8.39. The van der Waals surface area contributed by atoms with Crippen LogP contribution in [-0.2, 0) is 16.8 Å². The molecule has 3 rings (SSSR count). The van der Waals surface area contributed by atoms with E-state index in [9.17, 15) is 9.90 Å². The van der Waals surface area contributed by atoms with E-state index in [1.165, 1.54) is 0 Å². The Balaban J connectivity index is 2.05. The maximum Gasteiger partial charge on any atom is 0.265 e. The maximum atomic E-state index is 13.1. The lowest BCUT2D eigenvalue weighted by Gasteiger charge is -2.28. The van der Waals surface area contributed by atoms with Crippen molar-refractivity contribution in [2.24, 2.45) is 0 Å². The van der Waals surface area contributed by atoms with Gasteiger partial charge in [0.1, 0.15) is 0 Å². The summed E-state index contributed by atoms with van der Waals surface area (Å²) in [6.07, 6.45) is 0.797. The molecular formula is C22H21NO2. The summed E-state index contributed by atoms with van der Waals surface area (Å²) in [6.45, 7) is 2.03. The van der Waals surface area contributed by atoms with Crippen molar-refractivity contribution in [3.63, 3.8) is 0 Å². The summed E-state index contributed by atoms with van der Waals surface area (Å²) >= 11 is 0. The second-order valence-electron chi connectivity index (χ2n) is 5.91. The predicted octanol–water partition coefficient (Wildman–Crippen LogP) is 4.12. The van der Waals surface area contributed by atoms with E-state index in [2.05, 4.69) is 5.32 Å². The molecule has 0 aliphatic heterocycles. The number of nitrogens with one attached hydrogen (secondary N) is 1. The zero-order valence-electron chi connectivity index (χ0n) is 14.1. The topological polar surface area (TPSA) is 49.3 Å². The van der Waals surface area contributed by atoms with Gasteiger partial charge >= 0.3 is 0 Å². The summed E-state index contributed by atoms with van der Waals surface area (Å²) in [5.74, 6) is -0.467. The Morgan fingerprint density at radius 1 is 0.840 bits per heavy atom. The van der Waals surface area contributed by atoms with E-state index in [1.807, 2.05) is 67.6 Å². The summed E-state index contributed by atoms with van der Waals surface area (Å²) < 4.78 is 0. The number of amides is 1. The van der Waals surface area contributed by atoms with Gasteiger partial charge in [0, 0.05) is 5.69 Å². The Kier molecular flexibility index (Phi) is 4.96. The second kappa shape index (κ2) is 7.32. The molecule has 0 saturated carbocycles. The van der Waals surface area contributed by atoms with Crippen LogP contribution in [0.25, 0.3) is 0 Å². The van der Waals surface area contributed by atoms with Crippen LogP contribution in [0.15, 0.2) is 84.9 Å². The van der Waals surface area contributed by atoms with Gasteiger partial charge in [-0.15, -0.1) is 0 Å². The van der Waals surface area contributed by atoms with Crippen LogP contribution >= 0.6 is 0 Å². The number of carbonyl (C=O) groups excluding carboxylic acids is 1. The Labute approximate surface area is 148 Å². The second-order valence-corrected chi connectivity index (χ2v) is 5.91. The van der Waals surface area contributed by atoms with E-state index < -0.39 is 11.5 Å². The van der Waals surface area contributed by atoms with Gasteiger partial charge in [0.2, 0.25) is 0 Å². The summed E-state index contributed by atoms with van der Waals surface area (Å²) in [5.41, 5.74) is 1.06. The van der Waals surface area contributed by atoms with Gasteiger partial charge in [-0.3, -0.25) is 4.79 Å². The van der Waals surface area contributed by atoms with Crippen LogP contribution < -0.4 is 5.32 Å². The molecule has 0 bridgehead atoms. The van der Waals surface area contributed by atoms with Crippen LogP contribution in [0.1, 0.15) is 23.6 Å². The quantitative estimate of drug-likeness (QED) is 0.739. The minimum atomic E-state index is -1.76. The van der Waals surface area contributed by atoms with E-state index in [0.717, 1.165) is 17.7 Å². The maximum absolute atomic E-state index is 13.1. The third-order valence-corrected chi connectivity index (χ3v) is 4.36. The van der Waals surface area contributed by atoms with Gasteiger partial charge in [-0.25, -0.2) is 0 Å². The molecule has 2 N–H and O–H groups in total. The standard InChI is InChI=1S/C22H21NO2/c1-2-17-11-9-10-16-20(17)23-21(24)22(25,18-12-5-3-6-13-18)19-14-7-4-8-15-19/h3-16,25H,2H2,1H3,(H,23,24). The molecule has 3 nitrogen and oxygen atoms in total. The molecular weight excluding hydrogens is 310 g/mol. The van der Waals surface area contributed by atoms with Crippen LogP contribution in [0.3, 0.4) is 0 Å². The lowest BCUT2D eigenvalue weighted by molar-refractivity contribution is -0.131. The van der Waals surface area contributed by atoms with Gasteiger partial charge in [-0.2, -0.15) is 0 Å². The smallest absolute Gasteiger partial charge is 0.265 e. The highest BCUT2D eigenvalue weighted by Crippen LogP contribution is 2.31. The van der Waals surface area contributed by atoms with E-state index in [4.69, 9.17) is 0 Å². The number of para-hydroxylation sites is 1. The first-order valence-electron chi connectivity index (χ1n) is 8.39. The number of rotatable bonds is 5. The fraction of sp³-hybridized carbons (Fsp3) is 0.136. The van der Waals surface area contributed by atoms with Crippen molar-refractivity contribution in [3.05, 3.63) is 102 Å². The molecule has 0 unspecified atom stereocenters. The third-order valence-electron chi connectivity index (χ3n) is 4.36. The molecule has 1 amide bonds. The van der Waals surface area contributed by atoms with E-state index >= 15 is 0 Å². The minimum Gasteiger partial charge on any atom is -0.372 e. The highest BCUT2D eigenvalue weighted by Gasteiger charge is 2.40. The summed E-state index contributed by atoms with van der Waals surface area (Å²) in [4.78, 5) is 13.1. The molecule has 0 atom stereocenters. The van der Waals surface area contributed by atoms with Crippen molar-refractivity contribution in [1.29, 1.82) is 0 Å². The average Bonchev–Trinajstić information content (AvgIpc) is 2.69. The third kappa shape index (κ3) is 3.32. The molecule has 3 aromatic rings. The summed E-state index contributed by atoms with van der Waals surface area (Å²) in [5, 5.41) is 14.3. The van der Waals surface area contributed by atoms with Crippen LogP contribution in [0, 0.1) is 0 Å². The van der Waals surface area contributed by atoms with Crippen molar-refractivity contribution in [3.8, 4) is 0 Å². The lowest BCUT2D eigenvalue weighted by atomic mass is 9.85. The van der Waals surface area contributed by atoms with Gasteiger partial charge in [0.25, 0.3) is 5.91 Å². The molecule has 25 heavy (non-hydrogen) atoms. The monoisotopic (exact) mass is 331 g/mol. The van der Waals surface area contributed by atoms with Gasteiger partial charge < -0.3 is 10.4 Å². The minimum absolute atomic E-state index is 0.467. The van der Waals surface area contributed by atoms with Crippen molar-refractivity contribution in [1.82, 2.24) is 0 Å². The van der Waals surface area contributed by atoms with Gasteiger partial charge in [-0.05, 0) is 29.2 Å². The number of anilines is 1. The molecule has 0 aliphatic rings. The Hall–Kier alpha value is -2.91. The lowest BCUT2D eigenvalue weighted by Crippen LogP contribution is -2.41. The van der Waals surface area contributed by atoms with Crippen molar-refractivity contribution >= 4 is 11.6 Å². The van der Waals surface area contributed by atoms with Gasteiger partial charge in [-0.1, -0.05) is 85.8 Å². The highest BCUT2D eigenvalue weighted by atomic mass is 16.3. The SMILES string of the molecule is CCc1ccccc1NC(=O)C(O)(c1ccccc1)c1ccccc1. The zero-order chi connectivity index (χ0) is 17.7. The molecule has 126 valence electrons. The largest absolute Gasteiger partial charge is 0.372 e. The number of benzene rings is 3. The molecule has 0 saturated heterocycles. The molecule has 0 aliphatic carbocycles. The van der Waals surface area contributed by atoms with Gasteiger partial charge in [0.05, 0.1) is 0 Å². The van der Waals surface area contributed by atoms with Crippen LogP contribution in [-0.4, -0.2) is 11.0 Å². The molecule has 0 heterocycles. The van der Waals surface area contributed by atoms with Crippen LogP contribution in [0.2, 0.25) is 0 Å². The molecule has 0 aromatic heterocycles. The molecule has 0 spiro atoms. The summed E-state index contributed by atoms with van der Waals surface area (Å²) in [6, 6.07) is 25.7. The van der Waals surface area contributed by atoms with Crippen LogP contribution in [0.4, 0.5) is 5.69 Å². The summed E-state index contributed by atoms with van der Waals surface area (Å²) in [7, 11) is 0. The Morgan fingerprint density at radius 2 is 1.32 bits per heavy atom. The number of carbonyl (C=O) groups is 1. The number of hydrogen-bond acceptors (Lipinski definition) is 2. The fourth-order valence-electron chi connectivity index (χ4n) is 2.95. The predicted molar refractivity (Wildman–Crippen MR) is 100 cm³/mol. The first kappa shape index (κ1) is 16.9. The van der Waals surface area contributed by atoms with Crippen molar-refractivity contribution in [2.45, 2.75) is 18.9 Å². The Morgan fingerprint density at radius 3 is 1.84 bits per heavy atom. The van der Waals surface area contributed by atoms with E-state index in [0.29, 0.717) is 11.1 Å². The zero-order valence-corrected chi connectivity index (χ0v) is 14.1. The molecule has 0 radical (unpaired) electrons. The number of aryl methyl sites for hydroxylation is 1. The normalized spacial score (nSPS) is 11.1. The van der Waals surface area contributed by atoms with E-state index in [-0.39, 0.29) is 0 Å². The van der Waals surface area contributed by atoms with Gasteiger partial charge in [0.15, 0.2) is 5.60 Å².